The highest BCUT2D eigenvalue weighted by atomic mass is 32.2. The first-order valence-electron chi connectivity index (χ1n) is 6.47. The zero-order valence-corrected chi connectivity index (χ0v) is 12.6. The normalized spacial score (nSPS) is 11.2. The van der Waals surface area contributed by atoms with Crippen LogP contribution in [-0.2, 0) is 0 Å². The minimum absolute atomic E-state index is 0.733. The molecule has 0 radical (unpaired) electrons. The van der Waals surface area contributed by atoms with Gasteiger partial charge in [0.25, 0.3) is 0 Å². The lowest BCUT2D eigenvalue weighted by molar-refractivity contribution is 1.29. The molecule has 0 aliphatic rings. The van der Waals surface area contributed by atoms with Crippen molar-refractivity contribution >= 4 is 49.9 Å². The van der Waals surface area contributed by atoms with E-state index in [1.54, 1.807) is 23.1 Å². The first-order valence-corrected chi connectivity index (χ1v) is 8.10. The van der Waals surface area contributed by atoms with Crippen molar-refractivity contribution in [3.8, 4) is 0 Å². The number of hydrogen-bond acceptors (Lipinski definition) is 5. The van der Waals surface area contributed by atoms with E-state index in [1.165, 1.54) is 4.70 Å². The minimum Gasteiger partial charge on any atom is -0.399 e. The van der Waals surface area contributed by atoms with Crippen molar-refractivity contribution in [2.75, 3.05) is 5.73 Å². The van der Waals surface area contributed by atoms with Gasteiger partial charge in [-0.05, 0) is 36.4 Å². The smallest absolute Gasteiger partial charge is 0.155 e. The molecule has 0 atom stereocenters. The predicted molar refractivity (Wildman–Crippen MR) is 89.9 cm³/mol. The number of anilines is 1. The lowest BCUT2D eigenvalue weighted by Gasteiger charge is -2.04. The Kier molecular flexibility index (Phi) is 3.02. The highest BCUT2D eigenvalue weighted by molar-refractivity contribution is 8.01. The van der Waals surface area contributed by atoms with Crippen LogP contribution in [0.1, 0.15) is 0 Å². The van der Waals surface area contributed by atoms with Crippen LogP contribution in [0, 0.1) is 0 Å². The largest absolute Gasteiger partial charge is 0.399 e. The average Bonchev–Trinajstić information content (AvgIpc) is 2.89. The van der Waals surface area contributed by atoms with Crippen LogP contribution in [-0.4, -0.2) is 9.97 Å². The second-order valence-corrected chi connectivity index (χ2v) is 6.95. The number of nitrogens with zero attached hydrogens (tertiary/aromatic N) is 2. The van der Waals surface area contributed by atoms with Gasteiger partial charge in [-0.15, -0.1) is 11.3 Å². The Bertz CT molecular complexity index is 913. The lowest BCUT2D eigenvalue weighted by Crippen LogP contribution is -1.87. The van der Waals surface area contributed by atoms with E-state index in [0.717, 1.165) is 31.3 Å². The first kappa shape index (κ1) is 12.6. The summed E-state index contributed by atoms with van der Waals surface area (Å²) in [4.78, 5) is 10.2. The molecule has 3 nitrogen and oxygen atoms in total. The predicted octanol–water partition coefficient (Wildman–Crippen LogP) is 4.58. The second-order valence-electron chi connectivity index (χ2n) is 4.64. The van der Waals surface area contributed by atoms with Gasteiger partial charge in [-0.1, -0.05) is 23.9 Å². The van der Waals surface area contributed by atoms with Gasteiger partial charge in [-0.25, -0.2) is 4.98 Å². The van der Waals surface area contributed by atoms with Crippen LogP contribution in [0.2, 0.25) is 0 Å². The molecular weight excluding hydrogens is 298 g/mol. The maximum Gasteiger partial charge on any atom is 0.155 e. The van der Waals surface area contributed by atoms with Gasteiger partial charge < -0.3 is 5.73 Å². The van der Waals surface area contributed by atoms with Crippen LogP contribution in [0.15, 0.2) is 64.0 Å². The van der Waals surface area contributed by atoms with Crippen molar-refractivity contribution in [2.24, 2.45) is 0 Å². The zero-order valence-electron chi connectivity index (χ0n) is 11.0. The lowest BCUT2D eigenvalue weighted by atomic mass is 10.2. The molecule has 0 bridgehead atoms. The molecule has 2 aromatic carbocycles. The first-order chi connectivity index (χ1) is 10.3. The van der Waals surface area contributed by atoms with Crippen LogP contribution >= 0.6 is 23.1 Å². The molecule has 2 N–H and O–H groups in total. The molecule has 21 heavy (non-hydrogen) atoms. The summed E-state index contributed by atoms with van der Waals surface area (Å²) in [6.45, 7) is 0. The molecular formula is C16H11N3S2. The van der Waals surface area contributed by atoms with Gasteiger partial charge >= 0.3 is 0 Å². The number of fused-ring (bicyclic) bond motifs is 2. The summed E-state index contributed by atoms with van der Waals surface area (Å²) >= 11 is 3.39. The zero-order chi connectivity index (χ0) is 14.2. The summed E-state index contributed by atoms with van der Waals surface area (Å²) in [5.74, 6) is 0. The van der Waals surface area contributed by atoms with E-state index in [4.69, 9.17) is 5.73 Å². The average molecular weight is 309 g/mol. The van der Waals surface area contributed by atoms with Gasteiger partial charge in [-0.2, -0.15) is 0 Å². The van der Waals surface area contributed by atoms with E-state index in [9.17, 15) is 0 Å². The fraction of sp³-hybridized carbons (Fsp3) is 0. The highest BCUT2D eigenvalue weighted by Gasteiger charge is 2.08. The maximum atomic E-state index is 5.82. The monoisotopic (exact) mass is 309 g/mol. The third-order valence-electron chi connectivity index (χ3n) is 3.20. The molecule has 2 heterocycles. The van der Waals surface area contributed by atoms with Crippen molar-refractivity contribution in [3.63, 3.8) is 0 Å². The molecule has 0 saturated heterocycles. The number of rotatable bonds is 2. The van der Waals surface area contributed by atoms with Crippen LogP contribution < -0.4 is 5.73 Å². The van der Waals surface area contributed by atoms with Gasteiger partial charge in [0.1, 0.15) is 0 Å². The molecule has 2 aromatic heterocycles. The summed E-state index contributed by atoms with van der Waals surface area (Å²) in [6.07, 6.45) is 1.82. The van der Waals surface area contributed by atoms with Crippen molar-refractivity contribution < 1.29 is 0 Å². The van der Waals surface area contributed by atoms with Crippen molar-refractivity contribution in [1.29, 1.82) is 0 Å². The molecule has 0 saturated carbocycles. The van der Waals surface area contributed by atoms with Gasteiger partial charge in [0, 0.05) is 22.2 Å². The standard InChI is InChI=1S/C16H11N3S2/c17-10-5-6-11-13(9-10)18-8-7-14(11)20-16-19-12-3-1-2-4-15(12)21-16/h1-9H,17H2. The van der Waals surface area contributed by atoms with Crippen LogP contribution in [0.25, 0.3) is 21.1 Å². The topological polar surface area (TPSA) is 51.8 Å². The summed E-state index contributed by atoms with van der Waals surface area (Å²) < 4.78 is 2.25. The van der Waals surface area contributed by atoms with Crippen molar-refractivity contribution in [1.82, 2.24) is 9.97 Å². The quantitative estimate of drug-likeness (QED) is 0.551. The van der Waals surface area contributed by atoms with Crippen molar-refractivity contribution in [3.05, 3.63) is 54.7 Å². The SMILES string of the molecule is Nc1ccc2c(Sc3nc4ccccc4s3)ccnc2c1. The number of aromatic nitrogens is 2. The number of nitrogens with two attached hydrogens (primary N) is 1. The molecule has 0 fully saturated rings. The molecule has 0 aliphatic carbocycles. The molecule has 0 amide bonds. The molecule has 102 valence electrons. The Morgan fingerprint density at radius 3 is 2.81 bits per heavy atom. The van der Waals surface area contributed by atoms with E-state index >= 15 is 0 Å². The Balaban J connectivity index is 1.80. The maximum absolute atomic E-state index is 5.82. The highest BCUT2D eigenvalue weighted by Crippen LogP contribution is 2.37. The summed E-state index contributed by atoms with van der Waals surface area (Å²) in [7, 11) is 0. The van der Waals surface area contributed by atoms with Gasteiger partial charge in [0.05, 0.1) is 15.7 Å². The van der Waals surface area contributed by atoms with E-state index in [2.05, 4.69) is 16.0 Å². The number of benzene rings is 2. The fourth-order valence-electron chi connectivity index (χ4n) is 2.22. The van der Waals surface area contributed by atoms with E-state index < -0.39 is 0 Å². The van der Waals surface area contributed by atoms with Gasteiger partial charge in [0.2, 0.25) is 0 Å². The Labute approximate surface area is 129 Å². The van der Waals surface area contributed by atoms with Crippen LogP contribution in [0.3, 0.4) is 0 Å². The third kappa shape index (κ3) is 2.34. The molecule has 4 rings (SSSR count). The molecule has 0 aliphatic heterocycles. The van der Waals surface area contributed by atoms with Gasteiger partial charge in [0.15, 0.2) is 4.34 Å². The number of thiazole rings is 1. The third-order valence-corrected chi connectivity index (χ3v) is 5.37. The Morgan fingerprint density at radius 2 is 1.90 bits per heavy atom. The summed E-state index contributed by atoms with van der Waals surface area (Å²) in [6, 6.07) is 16.1. The fourth-order valence-corrected chi connectivity index (χ4v) is 4.36. The van der Waals surface area contributed by atoms with E-state index in [-0.39, 0.29) is 0 Å². The second kappa shape index (κ2) is 5.02. The molecule has 0 spiro atoms. The van der Waals surface area contributed by atoms with E-state index in [0.29, 0.717) is 0 Å². The molecule has 4 aromatic rings. The Hall–Kier alpha value is -2.11. The number of para-hydroxylation sites is 1. The number of hydrogen-bond donors (Lipinski definition) is 1. The van der Waals surface area contributed by atoms with Gasteiger partial charge in [-0.3, -0.25) is 4.98 Å². The summed E-state index contributed by atoms with van der Waals surface area (Å²) in [5.41, 5.74) is 8.52. The van der Waals surface area contributed by atoms with Crippen molar-refractivity contribution in [2.45, 2.75) is 9.24 Å². The van der Waals surface area contributed by atoms with Crippen LogP contribution in [0.5, 0.6) is 0 Å². The number of pyridine rings is 1. The van der Waals surface area contributed by atoms with Crippen LogP contribution in [0.4, 0.5) is 5.69 Å². The summed E-state index contributed by atoms with van der Waals surface area (Å²) in [5, 5.41) is 1.11. The minimum atomic E-state index is 0.733. The molecule has 5 heteroatoms. The van der Waals surface area contributed by atoms with E-state index in [1.807, 2.05) is 48.7 Å². The number of nitrogen functional groups attached to an aromatic ring is 1. The Morgan fingerprint density at radius 1 is 1.00 bits per heavy atom. The molecule has 0 unspecified atom stereocenters.